The van der Waals surface area contributed by atoms with Crippen LogP contribution in [0.5, 0.6) is 0 Å². The zero-order valence-electron chi connectivity index (χ0n) is 13.8. The van der Waals surface area contributed by atoms with Crippen molar-refractivity contribution in [3.63, 3.8) is 0 Å². The van der Waals surface area contributed by atoms with Gasteiger partial charge in [-0.1, -0.05) is 12.1 Å². The minimum atomic E-state index is -0.366. The highest BCUT2D eigenvalue weighted by molar-refractivity contribution is 5.90. The second-order valence-corrected chi connectivity index (χ2v) is 6.93. The van der Waals surface area contributed by atoms with E-state index < -0.39 is 0 Å². The van der Waals surface area contributed by atoms with Gasteiger partial charge in [0.2, 0.25) is 0 Å². The van der Waals surface area contributed by atoms with Gasteiger partial charge in [-0.15, -0.1) is 0 Å². The van der Waals surface area contributed by atoms with E-state index in [1.165, 1.54) is 10.8 Å². The summed E-state index contributed by atoms with van der Waals surface area (Å²) in [5.41, 5.74) is 0.904. The van der Waals surface area contributed by atoms with Crippen LogP contribution >= 0.6 is 0 Å². The van der Waals surface area contributed by atoms with Gasteiger partial charge in [-0.3, -0.25) is 4.57 Å². The number of fused-ring (bicyclic) bond motifs is 1. The van der Waals surface area contributed by atoms with Gasteiger partial charge in [0.05, 0.1) is 18.7 Å². The first-order chi connectivity index (χ1) is 12.1. The molecule has 0 spiro atoms. The Morgan fingerprint density at radius 3 is 2.96 bits per heavy atom. The summed E-state index contributed by atoms with van der Waals surface area (Å²) < 4.78 is 1.51. The Labute approximate surface area is 144 Å². The van der Waals surface area contributed by atoms with E-state index in [-0.39, 0.29) is 23.9 Å². The van der Waals surface area contributed by atoms with Gasteiger partial charge in [-0.05, 0) is 42.5 Å². The predicted molar refractivity (Wildman–Crippen MR) is 92.3 cm³/mol. The lowest BCUT2D eigenvalue weighted by Gasteiger charge is -2.40. The predicted octanol–water partition coefficient (Wildman–Crippen LogP) is 1.28. The quantitative estimate of drug-likeness (QED) is 0.878. The first-order valence-corrected chi connectivity index (χ1v) is 8.39. The van der Waals surface area contributed by atoms with Crippen LogP contribution in [0.25, 0.3) is 0 Å². The monoisotopic (exact) mass is 340 g/mol. The summed E-state index contributed by atoms with van der Waals surface area (Å²) in [6.45, 7) is 1.11. The Morgan fingerprint density at radius 2 is 2.20 bits per heavy atom. The van der Waals surface area contributed by atoms with E-state index >= 15 is 0 Å². The molecule has 2 saturated heterocycles. The molecule has 3 aliphatic rings. The Bertz CT molecular complexity index is 857. The molecule has 0 radical (unpaired) electrons. The molecule has 3 fully saturated rings. The van der Waals surface area contributed by atoms with E-state index in [9.17, 15) is 14.7 Å². The van der Waals surface area contributed by atoms with Crippen LogP contribution in [0.2, 0.25) is 0 Å². The molecule has 2 bridgehead atoms. The maximum absolute atomic E-state index is 12.6. The number of aliphatic hydroxyl groups excluding tert-OH is 1. The van der Waals surface area contributed by atoms with Crippen LogP contribution in [0.15, 0.2) is 47.5 Å². The molecular formula is C18H20N4O3. The average molecular weight is 340 g/mol. The maximum Gasteiger partial charge on any atom is 0.347 e. The molecule has 7 heteroatoms. The minimum Gasteiger partial charge on any atom is -0.394 e. The molecular weight excluding hydrogens is 320 g/mol. The molecule has 1 aromatic carbocycles. The molecule has 1 aromatic heterocycles. The van der Waals surface area contributed by atoms with Gasteiger partial charge < -0.3 is 15.3 Å². The van der Waals surface area contributed by atoms with Crippen LogP contribution in [0.1, 0.15) is 18.4 Å². The summed E-state index contributed by atoms with van der Waals surface area (Å²) in [5.74, 6) is 0.515. The molecule has 1 aliphatic carbocycles. The molecule has 7 nitrogen and oxygen atoms in total. The van der Waals surface area contributed by atoms with Crippen molar-refractivity contribution in [3.05, 3.63) is 58.8 Å². The van der Waals surface area contributed by atoms with Crippen molar-refractivity contribution >= 4 is 11.7 Å². The summed E-state index contributed by atoms with van der Waals surface area (Å²) in [5, 5.41) is 12.5. The SMILES string of the molecule is O=C(Nc1cccc(Cn2cccnc2=O)c1)N1CC2CC1(CO)C2. The van der Waals surface area contributed by atoms with Gasteiger partial charge >= 0.3 is 11.7 Å². The number of carbonyl (C=O) groups excluding carboxylic acids is 1. The summed E-state index contributed by atoms with van der Waals surface area (Å²) in [6.07, 6.45) is 4.93. The van der Waals surface area contributed by atoms with E-state index in [4.69, 9.17) is 0 Å². The molecule has 2 aromatic rings. The van der Waals surface area contributed by atoms with Crippen molar-refractivity contribution in [1.82, 2.24) is 14.5 Å². The van der Waals surface area contributed by atoms with Crippen molar-refractivity contribution in [3.8, 4) is 0 Å². The third-order valence-corrected chi connectivity index (χ3v) is 5.20. The molecule has 1 saturated carbocycles. The number of nitrogens with one attached hydrogen (secondary N) is 1. The number of rotatable bonds is 4. The fourth-order valence-electron chi connectivity index (χ4n) is 3.97. The molecule has 2 aliphatic heterocycles. The smallest absolute Gasteiger partial charge is 0.347 e. The molecule has 25 heavy (non-hydrogen) atoms. The Balaban J connectivity index is 1.48. The molecule has 2 N–H and O–H groups in total. The zero-order valence-corrected chi connectivity index (χ0v) is 13.8. The van der Waals surface area contributed by atoms with E-state index in [0.29, 0.717) is 24.7 Å². The topological polar surface area (TPSA) is 87.5 Å². The minimum absolute atomic E-state index is 0.0148. The van der Waals surface area contributed by atoms with Gasteiger partial charge in [0.1, 0.15) is 0 Å². The van der Waals surface area contributed by atoms with Gasteiger partial charge in [-0.2, -0.15) is 0 Å². The van der Waals surface area contributed by atoms with Crippen molar-refractivity contribution in [1.29, 1.82) is 0 Å². The van der Waals surface area contributed by atoms with Gasteiger partial charge in [0, 0.05) is 24.6 Å². The van der Waals surface area contributed by atoms with Crippen LogP contribution in [-0.2, 0) is 6.54 Å². The molecule has 2 amide bonds. The highest BCUT2D eigenvalue weighted by Gasteiger charge is 2.57. The number of nitrogens with zero attached hydrogens (tertiary/aromatic N) is 3. The molecule has 130 valence electrons. The van der Waals surface area contributed by atoms with Crippen LogP contribution in [0.3, 0.4) is 0 Å². The summed E-state index contributed by atoms with van der Waals surface area (Å²) in [4.78, 5) is 29.8. The average Bonchev–Trinajstić information content (AvgIpc) is 3.13. The zero-order chi connectivity index (χ0) is 17.4. The largest absolute Gasteiger partial charge is 0.394 e. The van der Waals surface area contributed by atoms with Gasteiger partial charge in [0.15, 0.2) is 0 Å². The maximum atomic E-state index is 12.6. The number of hydrogen-bond acceptors (Lipinski definition) is 4. The van der Waals surface area contributed by atoms with E-state index in [0.717, 1.165) is 18.4 Å². The summed E-state index contributed by atoms with van der Waals surface area (Å²) in [7, 11) is 0. The third kappa shape index (κ3) is 2.80. The van der Waals surface area contributed by atoms with Crippen molar-refractivity contribution < 1.29 is 9.90 Å². The second-order valence-electron chi connectivity index (χ2n) is 6.93. The first kappa shape index (κ1) is 15.8. The van der Waals surface area contributed by atoms with Crippen LogP contribution in [0, 0.1) is 5.92 Å². The number of benzene rings is 1. The molecule has 0 atom stereocenters. The number of hydrogen-bond donors (Lipinski definition) is 2. The number of aromatic nitrogens is 2. The Hall–Kier alpha value is -2.67. The second kappa shape index (κ2) is 6.00. The first-order valence-electron chi connectivity index (χ1n) is 8.39. The Kier molecular flexibility index (Phi) is 3.80. The van der Waals surface area contributed by atoms with Crippen LogP contribution < -0.4 is 11.0 Å². The molecule has 0 unspecified atom stereocenters. The summed E-state index contributed by atoms with van der Waals surface area (Å²) in [6, 6.07) is 8.95. The van der Waals surface area contributed by atoms with Gasteiger partial charge in [0.25, 0.3) is 0 Å². The lowest BCUT2D eigenvalue weighted by atomic mass is 9.74. The standard InChI is InChI=1S/C18H20N4O3/c23-12-18-8-14(9-18)11-22(18)17(25)20-15-4-1-3-13(7-15)10-21-6-2-5-19-16(21)24/h1-7,14,23H,8-12H2,(H,20,25). The van der Waals surface area contributed by atoms with Crippen molar-refractivity contribution in [2.24, 2.45) is 5.92 Å². The van der Waals surface area contributed by atoms with E-state index in [1.54, 1.807) is 17.2 Å². The highest BCUT2D eigenvalue weighted by atomic mass is 16.3. The number of carbonyl (C=O) groups is 1. The van der Waals surface area contributed by atoms with Crippen LogP contribution in [-0.4, -0.2) is 44.3 Å². The Morgan fingerprint density at radius 1 is 1.36 bits per heavy atom. The molecule has 5 rings (SSSR count). The van der Waals surface area contributed by atoms with Crippen molar-refractivity contribution in [2.75, 3.05) is 18.5 Å². The summed E-state index contributed by atoms with van der Waals surface area (Å²) >= 11 is 0. The fraction of sp³-hybridized carbons (Fsp3) is 0.389. The number of urea groups is 1. The normalized spacial score (nSPS) is 24.0. The van der Waals surface area contributed by atoms with E-state index in [1.807, 2.05) is 24.3 Å². The van der Waals surface area contributed by atoms with Crippen LogP contribution in [0.4, 0.5) is 10.5 Å². The third-order valence-electron chi connectivity index (χ3n) is 5.20. The number of aliphatic hydroxyl groups is 1. The lowest BCUT2D eigenvalue weighted by molar-refractivity contribution is 0.0587. The highest BCUT2D eigenvalue weighted by Crippen LogP contribution is 2.50. The number of anilines is 1. The van der Waals surface area contributed by atoms with E-state index in [2.05, 4.69) is 10.3 Å². The fourth-order valence-corrected chi connectivity index (χ4v) is 3.97. The van der Waals surface area contributed by atoms with Crippen molar-refractivity contribution in [2.45, 2.75) is 24.9 Å². The lowest BCUT2D eigenvalue weighted by Crippen LogP contribution is -2.52. The number of amides is 2. The van der Waals surface area contributed by atoms with Gasteiger partial charge in [-0.25, -0.2) is 14.6 Å². The molecule has 3 heterocycles.